The number of benzene rings is 1. The van der Waals surface area contributed by atoms with E-state index in [4.69, 9.17) is 4.74 Å². The van der Waals surface area contributed by atoms with Crippen LogP contribution in [0.1, 0.15) is 24.2 Å². The standard InChI is InChI=1S/C17H16BrN3O2/c1-12(14-10-21-15(18)8-5-9-16(21)20-14)19-17(22)23-11-13-6-3-2-4-7-13/h2-10,12H,11H2,1H3,(H,19,22)/t12-/m1/s1. The maximum absolute atomic E-state index is 11.9. The summed E-state index contributed by atoms with van der Waals surface area (Å²) in [5.74, 6) is 0. The monoisotopic (exact) mass is 373 g/mol. The molecule has 1 amide bonds. The highest BCUT2D eigenvalue weighted by Gasteiger charge is 2.14. The molecule has 1 aromatic carbocycles. The van der Waals surface area contributed by atoms with E-state index in [1.54, 1.807) is 0 Å². The van der Waals surface area contributed by atoms with E-state index < -0.39 is 6.09 Å². The Morgan fingerprint density at radius 3 is 2.78 bits per heavy atom. The van der Waals surface area contributed by atoms with E-state index in [-0.39, 0.29) is 12.6 Å². The summed E-state index contributed by atoms with van der Waals surface area (Å²) in [4.78, 5) is 16.4. The number of carbonyl (C=O) groups excluding carboxylic acids is 1. The van der Waals surface area contributed by atoms with Crippen LogP contribution in [0.25, 0.3) is 5.65 Å². The summed E-state index contributed by atoms with van der Waals surface area (Å²) in [6.45, 7) is 2.12. The number of pyridine rings is 1. The quantitative estimate of drug-likeness (QED) is 0.700. The van der Waals surface area contributed by atoms with Gasteiger partial charge >= 0.3 is 6.09 Å². The molecular formula is C17H16BrN3O2. The average Bonchev–Trinajstić information content (AvgIpc) is 3.00. The molecule has 0 aliphatic heterocycles. The fourth-order valence-corrected chi connectivity index (χ4v) is 2.66. The summed E-state index contributed by atoms with van der Waals surface area (Å²) in [6, 6.07) is 15.1. The molecule has 0 saturated carbocycles. The van der Waals surface area contributed by atoms with Crippen molar-refractivity contribution in [3.8, 4) is 0 Å². The van der Waals surface area contributed by atoms with Crippen molar-refractivity contribution in [2.45, 2.75) is 19.6 Å². The molecule has 0 radical (unpaired) electrons. The molecule has 5 nitrogen and oxygen atoms in total. The average molecular weight is 374 g/mol. The molecule has 3 rings (SSSR count). The number of rotatable bonds is 4. The van der Waals surface area contributed by atoms with E-state index in [0.717, 1.165) is 21.5 Å². The van der Waals surface area contributed by atoms with Crippen LogP contribution in [0.2, 0.25) is 0 Å². The van der Waals surface area contributed by atoms with Crippen LogP contribution >= 0.6 is 15.9 Å². The fraction of sp³-hybridized carbons (Fsp3) is 0.176. The van der Waals surface area contributed by atoms with Crippen LogP contribution in [0.3, 0.4) is 0 Å². The lowest BCUT2D eigenvalue weighted by Gasteiger charge is -2.11. The van der Waals surface area contributed by atoms with Gasteiger partial charge in [0, 0.05) is 6.20 Å². The van der Waals surface area contributed by atoms with Gasteiger partial charge in [-0.2, -0.15) is 0 Å². The van der Waals surface area contributed by atoms with Crippen LogP contribution < -0.4 is 5.32 Å². The molecule has 0 unspecified atom stereocenters. The predicted octanol–water partition coefficient (Wildman–Crippen LogP) is 4.08. The first kappa shape index (κ1) is 15.6. The molecule has 0 bridgehead atoms. The predicted molar refractivity (Wildman–Crippen MR) is 91.1 cm³/mol. The smallest absolute Gasteiger partial charge is 0.407 e. The largest absolute Gasteiger partial charge is 0.445 e. The first-order valence-electron chi connectivity index (χ1n) is 7.24. The minimum Gasteiger partial charge on any atom is -0.445 e. The Balaban J connectivity index is 1.62. The number of hydrogen-bond acceptors (Lipinski definition) is 3. The number of aromatic nitrogens is 2. The van der Waals surface area contributed by atoms with E-state index in [1.165, 1.54) is 0 Å². The third-order valence-electron chi connectivity index (χ3n) is 3.45. The molecule has 2 heterocycles. The second-order valence-corrected chi connectivity index (χ2v) is 5.98. The van der Waals surface area contributed by atoms with Gasteiger partial charge in [0.25, 0.3) is 0 Å². The van der Waals surface area contributed by atoms with Gasteiger partial charge in [0.1, 0.15) is 12.3 Å². The maximum atomic E-state index is 11.9. The minimum absolute atomic E-state index is 0.245. The van der Waals surface area contributed by atoms with E-state index in [1.807, 2.05) is 66.1 Å². The van der Waals surface area contributed by atoms with Crippen LogP contribution in [0.5, 0.6) is 0 Å². The number of ether oxygens (including phenoxy) is 1. The number of hydrogen-bond donors (Lipinski definition) is 1. The molecule has 0 fully saturated rings. The molecule has 23 heavy (non-hydrogen) atoms. The van der Waals surface area contributed by atoms with Gasteiger partial charge in [0.15, 0.2) is 0 Å². The minimum atomic E-state index is -0.461. The lowest BCUT2D eigenvalue weighted by molar-refractivity contribution is 0.136. The molecule has 2 aromatic heterocycles. The Bertz CT molecular complexity index is 817. The molecular weight excluding hydrogens is 358 g/mol. The second kappa shape index (κ2) is 6.83. The SMILES string of the molecule is C[C@@H](NC(=O)OCc1ccccc1)c1cn2c(Br)cccc2n1. The summed E-state index contributed by atoms with van der Waals surface area (Å²) in [7, 11) is 0. The van der Waals surface area contributed by atoms with E-state index in [2.05, 4.69) is 26.2 Å². The van der Waals surface area contributed by atoms with Crippen LogP contribution in [-0.2, 0) is 11.3 Å². The van der Waals surface area contributed by atoms with Crippen LogP contribution in [0.15, 0.2) is 59.3 Å². The van der Waals surface area contributed by atoms with Gasteiger partial charge in [0.2, 0.25) is 0 Å². The number of halogens is 1. The van der Waals surface area contributed by atoms with Gasteiger partial charge < -0.3 is 10.1 Å². The van der Waals surface area contributed by atoms with Gasteiger partial charge in [-0.15, -0.1) is 0 Å². The Kier molecular flexibility index (Phi) is 4.62. The number of fused-ring (bicyclic) bond motifs is 1. The second-order valence-electron chi connectivity index (χ2n) is 5.17. The molecule has 1 atom stereocenters. The summed E-state index contributed by atoms with van der Waals surface area (Å²) in [6.07, 6.45) is 1.43. The zero-order valence-corrected chi connectivity index (χ0v) is 14.2. The number of imidazole rings is 1. The van der Waals surface area contributed by atoms with Crippen molar-refractivity contribution in [2.24, 2.45) is 0 Å². The van der Waals surface area contributed by atoms with Gasteiger partial charge in [-0.05, 0) is 40.5 Å². The number of amides is 1. The topological polar surface area (TPSA) is 55.6 Å². The van der Waals surface area contributed by atoms with Crippen LogP contribution in [0.4, 0.5) is 4.79 Å². The number of alkyl carbamates (subject to hydrolysis) is 1. The maximum Gasteiger partial charge on any atom is 0.407 e. The van der Waals surface area contributed by atoms with Crippen molar-refractivity contribution >= 4 is 27.7 Å². The number of nitrogens with zero attached hydrogens (tertiary/aromatic N) is 2. The molecule has 6 heteroatoms. The van der Waals surface area contributed by atoms with Crippen LogP contribution in [0, 0.1) is 0 Å². The van der Waals surface area contributed by atoms with E-state index in [9.17, 15) is 4.79 Å². The van der Waals surface area contributed by atoms with E-state index in [0.29, 0.717) is 0 Å². The normalized spacial score (nSPS) is 12.1. The summed E-state index contributed by atoms with van der Waals surface area (Å²) in [5, 5.41) is 2.79. The number of nitrogens with one attached hydrogen (secondary N) is 1. The molecule has 0 saturated heterocycles. The summed E-state index contributed by atoms with van der Waals surface area (Å²) in [5.41, 5.74) is 2.54. The highest BCUT2D eigenvalue weighted by atomic mass is 79.9. The highest BCUT2D eigenvalue weighted by molar-refractivity contribution is 9.10. The van der Waals surface area contributed by atoms with Crippen LogP contribution in [-0.4, -0.2) is 15.5 Å². The zero-order chi connectivity index (χ0) is 16.2. The summed E-state index contributed by atoms with van der Waals surface area (Å²) >= 11 is 3.47. The van der Waals surface area contributed by atoms with Gasteiger partial charge in [-0.25, -0.2) is 9.78 Å². The first-order valence-corrected chi connectivity index (χ1v) is 8.03. The molecule has 1 N–H and O–H groups in total. The third-order valence-corrected chi connectivity index (χ3v) is 4.10. The molecule has 0 aliphatic carbocycles. The van der Waals surface area contributed by atoms with Gasteiger partial charge in [-0.1, -0.05) is 36.4 Å². The molecule has 3 aromatic rings. The molecule has 0 spiro atoms. The van der Waals surface area contributed by atoms with Crippen molar-refractivity contribution in [3.05, 3.63) is 70.6 Å². The fourth-order valence-electron chi connectivity index (χ4n) is 2.22. The Labute approximate surface area is 142 Å². The Morgan fingerprint density at radius 1 is 1.26 bits per heavy atom. The van der Waals surface area contributed by atoms with Crippen molar-refractivity contribution in [2.75, 3.05) is 0 Å². The van der Waals surface area contributed by atoms with Crippen molar-refractivity contribution in [1.29, 1.82) is 0 Å². The Hall–Kier alpha value is -2.34. The van der Waals surface area contributed by atoms with Gasteiger partial charge in [0.05, 0.1) is 16.3 Å². The lowest BCUT2D eigenvalue weighted by atomic mass is 10.2. The van der Waals surface area contributed by atoms with E-state index >= 15 is 0 Å². The third kappa shape index (κ3) is 3.71. The number of carbonyl (C=O) groups is 1. The first-order chi connectivity index (χ1) is 11.1. The lowest BCUT2D eigenvalue weighted by Crippen LogP contribution is -2.27. The zero-order valence-electron chi connectivity index (χ0n) is 12.6. The van der Waals surface area contributed by atoms with Crippen molar-refractivity contribution in [3.63, 3.8) is 0 Å². The molecule has 118 valence electrons. The van der Waals surface area contributed by atoms with Crippen molar-refractivity contribution in [1.82, 2.24) is 14.7 Å². The highest BCUT2D eigenvalue weighted by Crippen LogP contribution is 2.18. The van der Waals surface area contributed by atoms with Crippen molar-refractivity contribution < 1.29 is 9.53 Å². The summed E-state index contributed by atoms with van der Waals surface area (Å²) < 4.78 is 8.05. The van der Waals surface area contributed by atoms with Gasteiger partial charge in [-0.3, -0.25) is 4.40 Å². The molecule has 0 aliphatic rings. The Morgan fingerprint density at radius 2 is 2.04 bits per heavy atom.